The van der Waals surface area contributed by atoms with Gasteiger partial charge < -0.3 is 5.32 Å². The molecule has 0 amide bonds. The zero-order chi connectivity index (χ0) is 16.8. The average Bonchev–Trinajstić information content (AvgIpc) is 2.62. The van der Waals surface area contributed by atoms with E-state index in [9.17, 15) is 0 Å². The highest BCUT2D eigenvalue weighted by Gasteiger charge is 2.29. The molecule has 0 spiro atoms. The van der Waals surface area contributed by atoms with E-state index >= 15 is 0 Å². The Bertz CT molecular complexity index is 761. The topological polar surface area (TPSA) is 35.8 Å². The summed E-state index contributed by atoms with van der Waals surface area (Å²) in [6, 6.07) is 18.6. The van der Waals surface area contributed by atoms with Gasteiger partial charge in [-0.2, -0.15) is 5.26 Å². The van der Waals surface area contributed by atoms with Gasteiger partial charge in [0.05, 0.1) is 11.6 Å². The summed E-state index contributed by atoms with van der Waals surface area (Å²) < 4.78 is 0.941. The van der Waals surface area contributed by atoms with Crippen molar-refractivity contribution < 1.29 is 0 Å². The summed E-state index contributed by atoms with van der Waals surface area (Å²) in [7, 11) is 0. The van der Waals surface area contributed by atoms with Crippen LogP contribution < -0.4 is 5.32 Å². The Kier molecular flexibility index (Phi) is 5.37. The molecule has 0 radical (unpaired) electrons. The Morgan fingerprint density at radius 3 is 2.67 bits per heavy atom. The molecular weight excluding hydrogens is 360 g/mol. The van der Waals surface area contributed by atoms with Crippen molar-refractivity contribution in [2.45, 2.75) is 25.7 Å². The van der Waals surface area contributed by atoms with Crippen LogP contribution in [0.2, 0.25) is 0 Å². The first-order valence-corrected chi connectivity index (χ1v) is 9.15. The molecule has 1 N–H and O–H groups in total. The van der Waals surface area contributed by atoms with Gasteiger partial charge in [0.15, 0.2) is 0 Å². The van der Waals surface area contributed by atoms with Crippen molar-refractivity contribution in [1.29, 1.82) is 5.26 Å². The molecule has 3 heteroatoms. The second-order valence-electron chi connectivity index (χ2n) is 6.48. The number of nitrogens with zero attached hydrogens (tertiary/aromatic N) is 1. The summed E-state index contributed by atoms with van der Waals surface area (Å²) in [6.45, 7) is 0.892. The second kappa shape index (κ2) is 7.68. The maximum Gasteiger partial charge on any atom is 0.0992 e. The van der Waals surface area contributed by atoms with Crippen molar-refractivity contribution in [3.63, 3.8) is 0 Å². The second-order valence-corrected chi connectivity index (χ2v) is 7.33. The molecule has 1 atom stereocenters. The zero-order valence-electron chi connectivity index (χ0n) is 13.6. The number of halogens is 1. The summed E-state index contributed by atoms with van der Waals surface area (Å²) in [5.41, 5.74) is 3.24. The number of hydrogen-bond donors (Lipinski definition) is 1. The molecule has 0 saturated carbocycles. The Labute approximate surface area is 152 Å². The minimum Gasteiger partial charge on any atom is -0.383 e. The van der Waals surface area contributed by atoms with E-state index in [1.54, 1.807) is 0 Å². The number of anilines is 1. The molecule has 2 aromatic carbocycles. The molecule has 0 saturated heterocycles. The predicted octanol–water partition coefficient (Wildman–Crippen LogP) is 5.70. The summed E-state index contributed by atoms with van der Waals surface area (Å²) in [5, 5.41) is 12.6. The molecule has 2 aromatic rings. The molecule has 122 valence electrons. The van der Waals surface area contributed by atoms with Crippen molar-refractivity contribution >= 4 is 21.6 Å². The van der Waals surface area contributed by atoms with Crippen molar-refractivity contribution in [2.75, 3.05) is 11.9 Å². The SMILES string of the molecule is N#Cc1ccc(NCC2(Cc3ccccc3)C=CCCC2)c(Br)c1. The van der Waals surface area contributed by atoms with Gasteiger partial charge in [-0.1, -0.05) is 42.5 Å². The minimum atomic E-state index is 0.146. The minimum absolute atomic E-state index is 0.146. The third-order valence-electron chi connectivity index (χ3n) is 4.64. The molecule has 0 heterocycles. The number of benzene rings is 2. The van der Waals surface area contributed by atoms with E-state index in [4.69, 9.17) is 5.26 Å². The van der Waals surface area contributed by atoms with Gasteiger partial charge in [0.2, 0.25) is 0 Å². The number of hydrogen-bond acceptors (Lipinski definition) is 2. The van der Waals surface area contributed by atoms with Gasteiger partial charge in [-0.3, -0.25) is 0 Å². The summed E-state index contributed by atoms with van der Waals surface area (Å²) >= 11 is 3.57. The van der Waals surface area contributed by atoms with Gasteiger partial charge in [-0.05, 0) is 65.4 Å². The molecule has 1 aliphatic carbocycles. The molecular formula is C21H21BrN2. The summed E-state index contributed by atoms with van der Waals surface area (Å²) in [6.07, 6.45) is 9.37. The van der Waals surface area contributed by atoms with Gasteiger partial charge in [-0.25, -0.2) is 0 Å². The van der Waals surface area contributed by atoms with E-state index in [1.165, 1.54) is 24.8 Å². The van der Waals surface area contributed by atoms with Crippen LogP contribution in [0.25, 0.3) is 0 Å². The van der Waals surface area contributed by atoms with Gasteiger partial charge in [-0.15, -0.1) is 0 Å². The third-order valence-corrected chi connectivity index (χ3v) is 5.30. The first-order chi connectivity index (χ1) is 11.7. The monoisotopic (exact) mass is 380 g/mol. The third kappa shape index (κ3) is 4.07. The molecule has 0 aliphatic heterocycles. The highest BCUT2D eigenvalue weighted by atomic mass is 79.9. The van der Waals surface area contributed by atoms with E-state index in [0.717, 1.165) is 23.1 Å². The van der Waals surface area contributed by atoms with Gasteiger partial charge in [0, 0.05) is 22.1 Å². The van der Waals surface area contributed by atoms with Crippen molar-refractivity contribution in [3.05, 3.63) is 76.3 Å². The van der Waals surface area contributed by atoms with Crippen LogP contribution in [0.4, 0.5) is 5.69 Å². The summed E-state index contributed by atoms with van der Waals surface area (Å²) in [4.78, 5) is 0. The lowest BCUT2D eigenvalue weighted by Crippen LogP contribution is -2.31. The van der Waals surface area contributed by atoms with Crippen LogP contribution in [0.1, 0.15) is 30.4 Å². The highest BCUT2D eigenvalue weighted by Crippen LogP contribution is 2.36. The Balaban J connectivity index is 1.77. The first-order valence-electron chi connectivity index (χ1n) is 8.36. The van der Waals surface area contributed by atoms with Crippen LogP contribution in [0.3, 0.4) is 0 Å². The van der Waals surface area contributed by atoms with Gasteiger partial charge in [0.1, 0.15) is 0 Å². The average molecular weight is 381 g/mol. The molecule has 1 unspecified atom stereocenters. The summed E-state index contributed by atoms with van der Waals surface area (Å²) in [5.74, 6) is 0. The van der Waals surface area contributed by atoms with Gasteiger partial charge >= 0.3 is 0 Å². The molecule has 0 aromatic heterocycles. The van der Waals surface area contributed by atoms with E-state index in [-0.39, 0.29) is 5.41 Å². The van der Waals surface area contributed by atoms with E-state index in [1.807, 2.05) is 18.2 Å². The number of nitriles is 1. The van der Waals surface area contributed by atoms with E-state index < -0.39 is 0 Å². The quantitative estimate of drug-likeness (QED) is 0.674. The molecule has 2 nitrogen and oxygen atoms in total. The Hall–Kier alpha value is -2.05. The van der Waals surface area contributed by atoms with E-state index in [0.29, 0.717) is 5.56 Å². The number of rotatable bonds is 5. The van der Waals surface area contributed by atoms with Crippen molar-refractivity contribution in [1.82, 2.24) is 0 Å². The fraction of sp³-hybridized carbons (Fsp3) is 0.286. The van der Waals surface area contributed by atoms with E-state index in [2.05, 4.69) is 69.8 Å². The first kappa shape index (κ1) is 16.8. The van der Waals surface area contributed by atoms with Crippen LogP contribution in [0.15, 0.2) is 65.2 Å². The van der Waals surface area contributed by atoms with Crippen LogP contribution in [0.5, 0.6) is 0 Å². The van der Waals surface area contributed by atoms with Crippen LogP contribution in [-0.2, 0) is 6.42 Å². The highest BCUT2D eigenvalue weighted by molar-refractivity contribution is 9.10. The zero-order valence-corrected chi connectivity index (χ0v) is 15.2. The van der Waals surface area contributed by atoms with Crippen molar-refractivity contribution in [3.8, 4) is 6.07 Å². The normalized spacial score (nSPS) is 19.7. The molecule has 0 fully saturated rings. The standard InChI is InChI=1S/C21H21BrN2/c22-19-13-18(15-23)9-10-20(19)24-16-21(11-5-2-6-12-21)14-17-7-3-1-4-8-17/h1,3-5,7-11,13,24H,2,6,12,14,16H2. The smallest absolute Gasteiger partial charge is 0.0992 e. The molecule has 1 aliphatic rings. The fourth-order valence-corrected chi connectivity index (χ4v) is 3.87. The lowest BCUT2D eigenvalue weighted by molar-refractivity contribution is 0.346. The fourth-order valence-electron chi connectivity index (χ4n) is 3.35. The van der Waals surface area contributed by atoms with Gasteiger partial charge in [0.25, 0.3) is 0 Å². The largest absolute Gasteiger partial charge is 0.383 e. The maximum absolute atomic E-state index is 8.99. The molecule has 3 rings (SSSR count). The van der Waals surface area contributed by atoms with Crippen molar-refractivity contribution in [2.24, 2.45) is 5.41 Å². The predicted molar refractivity (Wildman–Crippen MR) is 103 cm³/mol. The van der Waals surface area contributed by atoms with Crippen LogP contribution in [0, 0.1) is 16.7 Å². The number of allylic oxidation sites excluding steroid dienone is 1. The Morgan fingerprint density at radius 1 is 1.17 bits per heavy atom. The molecule has 24 heavy (non-hydrogen) atoms. The van der Waals surface area contributed by atoms with Crippen LogP contribution >= 0.6 is 15.9 Å². The Morgan fingerprint density at radius 2 is 2.00 bits per heavy atom. The molecule has 0 bridgehead atoms. The number of nitrogens with one attached hydrogen (secondary N) is 1. The van der Waals surface area contributed by atoms with Crippen LogP contribution in [-0.4, -0.2) is 6.54 Å². The maximum atomic E-state index is 8.99. The lowest BCUT2D eigenvalue weighted by Gasteiger charge is -2.34. The lowest BCUT2D eigenvalue weighted by atomic mass is 9.74.